The summed E-state index contributed by atoms with van der Waals surface area (Å²) >= 11 is 0. The molecule has 0 aromatic heterocycles. The van der Waals surface area contributed by atoms with Crippen molar-refractivity contribution in [3.8, 4) is 5.75 Å². The van der Waals surface area contributed by atoms with E-state index in [2.05, 4.69) is 56.5 Å². The molecule has 5 heteroatoms. The van der Waals surface area contributed by atoms with Crippen LogP contribution in [0.25, 0.3) is 0 Å². The zero-order valence-corrected chi connectivity index (χ0v) is 18.8. The fraction of sp³-hybridized carbons (Fsp3) is 0.650. The molecule has 1 aromatic rings. The molecule has 2 rings (SSSR count). The highest BCUT2D eigenvalue weighted by Crippen LogP contribution is 2.38. The van der Waals surface area contributed by atoms with E-state index >= 15 is 0 Å². The third kappa shape index (κ3) is 4.82. The molecule has 25 heavy (non-hydrogen) atoms. The first-order valence-corrected chi connectivity index (χ1v) is 13.1. The Morgan fingerprint density at radius 3 is 2.28 bits per heavy atom. The molecule has 0 bridgehead atoms. The Kier molecular flexibility index (Phi) is 5.70. The van der Waals surface area contributed by atoms with Crippen molar-refractivity contribution in [1.82, 2.24) is 0 Å². The SMILES string of the molecule is CC(C)(C)S(=O)/N=C1\CCCc2cc(O[Si](C)(C)C(C)(C)C)ccc21. The first-order chi connectivity index (χ1) is 11.3. The normalized spacial score (nSPS) is 18.8. The van der Waals surface area contributed by atoms with Crippen LogP contribution in [-0.4, -0.2) is 23.0 Å². The first-order valence-electron chi connectivity index (χ1n) is 9.13. The van der Waals surface area contributed by atoms with Gasteiger partial charge in [0.1, 0.15) is 16.7 Å². The van der Waals surface area contributed by atoms with Crippen molar-refractivity contribution in [2.45, 2.75) is 83.7 Å². The second-order valence-electron chi connectivity index (χ2n) is 9.43. The van der Waals surface area contributed by atoms with Gasteiger partial charge < -0.3 is 4.43 Å². The van der Waals surface area contributed by atoms with Gasteiger partial charge in [-0.05, 0) is 81.9 Å². The molecule has 0 saturated heterocycles. The summed E-state index contributed by atoms with van der Waals surface area (Å²) < 4.78 is 23.1. The lowest BCUT2D eigenvalue weighted by molar-refractivity contribution is 0.491. The lowest BCUT2D eigenvalue weighted by Crippen LogP contribution is -2.43. The Balaban J connectivity index is 2.32. The van der Waals surface area contributed by atoms with Crippen LogP contribution in [0.5, 0.6) is 5.75 Å². The summed E-state index contributed by atoms with van der Waals surface area (Å²) in [4.78, 5) is 0. The van der Waals surface area contributed by atoms with Gasteiger partial charge in [0.15, 0.2) is 0 Å². The Hall–Kier alpha value is -0.943. The van der Waals surface area contributed by atoms with Crippen molar-refractivity contribution < 1.29 is 8.63 Å². The van der Waals surface area contributed by atoms with Crippen LogP contribution in [0.1, 0.15) is 65.5 Å². The Labute approximate surface area is 157 Å². The van der Waals surface area contributed by atoms with Crippen molar-refractivity contribution in [2.75, 3.05) is 0 Å². The molecule has 1 aliphatic rings. The minimum Gasteiger partial charge on any atom is -0.543 e. The van der Waals surface area contributed by atoms with Crippen LogP contribution in [0.2, 0.25) is 18.1 Å². The Morgan fingerprint density at radius 1 is 1.08 bits per heavy atom. The maximum atomic E-state index is 12.4. The predicted molar refractivity (Wildman–Crippen MR) is 112 cm³/mol. The van der Waals surface area contributed by atoms with Crippen molar-refractivity contribution in [3.63, 3.8) is 0 Å². The molecule has 0 fully saturated rings. The van der Waals surface area contributed by atoms with E-state index in [-0.39, 0.29) is 9.79 Å². The molecule has 1 unspecified atom stereocenters. The second kappa shape index (κ2) is 6.99. The van der Waals surface area contributed by atoms with Gasteiger partial charge in [0.2, 0.25) is 8.32 Å². The standard InChI is InChI=1S/C20H33NO2SSi/c1-19(2,3)24(22)21-18-11-9-10-15-14-16(12-13-17(15)18)23-25(7,8)20(4,5)6/h12-14H,9-11H2,1-8H3/b21-18+. The number of benzene rings is 1. The van der Waals surface area contributed by atoms with E-state index in [1.165, 1.54) is 5.56 Å². The van der Waals surface area contributed by atoms with E-state index in [1.54, 1.807) is 0 Å². The molecule has 3 nitrogen and oxygen atoms in total. The zero-order valence-electron chi connectivity index (χ0n) is 17.0. The first kappa shape index (κ1) is 20.4. The lowest BCUT2D eigenvalue weighted by Gasteiger charge is -2.36. The molecular weight excluding hydrogens is 346 g/mol. The van der Waals surface area contributed by atoms with Gasteiger partial charge in [-0.3, -0.25) is 0 Å². The summed E-state index contributed by atoms with van der Waals surface area (Å²) in [6, 6.07) is 6.33. The maximum absolute atomic E-state index is 12.4. The second-order valence-corrected chi connectivity index (χ2v) is 16.1. The minimum atomic E-state index is -1.84. The van der Waals surface area contributed by atoms with Crippen LogP contribution in [0.15, 0.2) is 22.6 Å². The molecule has 1 aromatic carbocycles. The van der Waals surface area contributed by atoms with Crippen molar-refractivity contribution in [2.24, 2.45) is 4.40 Å². The van der Waals surface area contributed by atoms with Gasteiger partial charge in [0.25, 0.3) is 0 Å². The van der Waals surface area contributed by atoms with Gasteiger partial charge in [-0.25, -0.2) is 4.21 Å². The van der Waals surface area contributed by atoms with E-state index in [0.717, 1.165) is 36.3 Å². The molecule has 0 aliphatic heterocycles. The molecule has 0 amide bonds. The van der Waals surface area contributed by atoms with Gasteiger partial charge in [-0.2, -0.15) is 4.40 Å². The van der Waals surface area contributed by atoms with Gasteiger partial charge in [-0.15, -0.1) is 0 Å². The molecule has 0 heterocycles. The largest absolute Gasteiger partial charge is 0.543 e. The van der Waals surface area contributed by atoms with E-state index in [1.807, 2.05) is 20.8 Å². The summed E-state index contributed by atoms with van der Waals surface area (Å²) in [5.74, 6) is 0.962. The third-order valence-corrected chi connectivity index (χ3v) is 10.9. The predicted octanol–water partition coefficient (Wildman–Crippen LogP) is 5.66. The quantitative estimate of drug-likeness (QED) is 0.636. The number of nitrogens with zero attached hydrogens (tertiary/aromatic N) is 1. The molecule has 0 radical (unpaired) electrons. The van der Waals surface area contributed by atoms with Crippen molar-refractivity contribution >= 4 is 25.0 Å². The van der Waals surface area contributed by atoms with Crippen LogP contribution >= 0.6 is 0 Å². The highest BCUT2D eigenvalue weighted by molar-refractivity contribution is 7.85. The fourth-order valence-electron chi connectivity index (χ4n) is 2.48. The third-order valence-electron chi connectivity index (χ3n) is 5.14. The summed E-state index contributed by atoms with van der Waals surface area (Å²) in [5.41, 5.74) is 3.40. The summed E-state index contributed by atoms with van der Waals surface area (Å²) in [6.45, 7) is 17.2. The van der Waals surface area contributed by atoms with E-state index in [9.17, 15) is 4.21 Å². The van der Waals surface area contributed by atoms with Crippen molar-refractivity contribution in [1.29, 1.82) is 0 Å². The zero-order chi connectivity index (χ0) is 19.0. The summed E-state index contributed by atoms with van der Waals surface area (Å²) in [6.07, 6.45) is 2.99. The fourth-order valence-corrected chi connectivity index (χ4v) is 4.17. The minimum absolute atomic E-state index is 0.180. The number of fused-ring (bicyclic) bond motifs is 1. The average molecular weight is 380 g/mol. The lowest BCUT2D eigenvalue weighted by atomic mass is 9.90. The van der Waals surface area contributed by atoms with Crippen LogP contribution in [0.4, 0.5) is 0 Å². The molecule has 140 valence electrons. The molecule has 1 atom stereocenters. The topological polar surface area (TPSA) is 38.7 Å². The van der Waals surface area contributed by atoms with Crippen LogP contribution in [-0.2, 0) is 17.4 Å². The molecule has 0 spiro atoms. The number of hydrogen-bond donors (Lipinski definition) is 0. The summed E-state index contributed by atoms with van der Waals surface area (Å²) in [7, 11) is -3.05. The van der Waals surface area contributed by atoms with Gasteiger partial charge in [0, 0.05) is 5.56 Å². The monoisotopic (exact) mass is 379 g/mol. The number of hydrogen-bond acceptors (Lipinski definition) is 2. The average Bonchev–Trinajstić information content (AvgIpc) is 2.44. The van der Waals surface area contributed by atoms with Crippen LogP contribution < -0.4 is 4.43 Å². The molecular formula is C20H33NO2SSi. The van der Waals surface area contributed by atoms with Crippen LogP contribution in [0.3, 0.4) is 0 Å². The highest BCUT2D eigenvalue weighted by Gasteiger charge is 2.39. The van der Waals surface area contributed by atoms with Gasteiger partial charge in [-0.1, -0.05) is 20.8 Å². The molecule has 0 saturated carbocycles. The van der Waals surface area contributed by atoms with Gasteiger partial charge >= 0.3 is 0 Å². The smallest absolute Gasteiger partial charge is 0.250 e. The molecule has 0 N–H and O–H groups in total. The number of rotatable bonds is 3. The van der Waals surface area contributed by atoms with Crippen molar-refractivity contribution in [3.05, 3.63) is 29.3 Å². The maximum Gasteiger partial charge on any atom is 0.250 e. The molecule has 1 aliphatic carbocycles. The van der Waals surface area contributed by atoms with E-state index in [4.69, 9.17) is 4.43 Å². The Morgan fingerprint density at radius 2 is 1.72 bits per heavy atom. The Bertz CT molecular complexity index is 697. The summed E-state index contributed by atoms with van der Waals surface area (Å²) in [5, 5.41) is 0.180. The van der Waals surface area contributed by atoms with E-state index in [0.29, 0.717) is 0 Å². The number of aryl methyl sites for hydroxylation is 1. The van der Waals surface area contributed by atoms with Crippen LogP contribution in [0, 0.1) is 0 Å². The van der Waals surface area contributed by atoms with E-state index < -0.39 is 19.3 Å². The van der Waals surface area contributed by atoms with Gasteiger partial charge in [0.05, 0.1) is 10.5 Å². The highest BCUT2D eigenvalue weighted by atomic mass is 32.2.